The molecule has 1 aromatic rings. The molecule has 1 heterocycles. The molecule has 1 rings (SSSR count). The van der Waals surface area contributed by atoms with Gasteiger partial charge in [-0.3, -0.25) is 9.78 Å². The van der Waals surface area contributed by atoms with Crippen LogP contribution in [0.5, 0.6) is 0 Å². The van der Waals surface area contributed by atoms with Gasteiger partial charge in [-0.15, -0.1) is 0 Å². The van der Waals surface area contributed by atoms with Crippen LogP contribution in [0.25, 0.3) is 0 Å². The van der Waals surface area contributed by atoms with Crippen molar-refractivity contribution in [2.24, 2.45) is 0 Å². The van der Waals surface area contributed by atoms with Crippen molar-refractivity contribution in [3.05, 3.63) is 30.1 Å². The highest BCUT2D eigenvalue weighted by atomic mass is 16.2. The molecule has 4 heteroatoms. The fourth-order valence-electron chi connectivity index (χ4n) is 1.46. The van der Waals surface area contributed by atoms with E-state index in [-0.39, 0.29) is 11.9 Å². The molecule has 0 spiro atoms. The average molecular weight is 221 g/mol. The summed E-state index contributed by atoms with van der Waals surface area (Å²) in [4.78, 5) is 17.1. The van der Waals surface area contributed by atoms with Crippen LogP contribution in [0.4, 0.5) is 0 Å². The third-order valence-electron chi connectivity index (χ3n) is 2.42. The van der Waals surface area contributed by atoms with Crippen LogP contribution in [-0.4, -0.2) is 42.5 Å². The van der Waals surface area contributed by atoms with Crippen LogP contribution in [0.3, 0.4) is 0 Å². The molecule has 1 amide bonds. The van der Waals surface area contributed by atoms with Crippen LogP contribution in [0.2, 0.25) is 0 Å². The maximum absolute atomic E-state index is 11.5. The van der Waals surface area contributed by atoms with E-state index in [9.17, 15) is 4.79 Å². The van der Waals surface area contributed by atoms with Crippen molar-refractivity contribution in [2.45, 2.75) is 19.4 Å². The maximum Gasteiger partial charge on any atom is 0.238 e. The van der Waals surface area contributed by atoms with E-state index < -0.39 is 0 Å². The van der Waals surface area contributed by atoms with E-state index in [2.05, 4.69) is 10.3 Å². The Bertz CT molecular complexity index is 324. The molecule has 1 atom stereocenters. The smallest absolute Gasteiger partial charge is 0.238 e. The number of carbonyl (C=O) groups excluding carboxylic acids is 1. The lowest BCUT2D eigenvalue weighted by Gasteiger charge is -2.17. The van der Waals surface area contributed by atoms with Gasteiger partial charge in [0.25, 0.3) is 0 Å². The molecule has 0 aliphatic carbocycles. The van der Waals surface area contributed by atoms with Gasteiger partial charge in [0.1, 0.15) is 0 Å². The zero-order valence-corrected chi connectivity index (χ0v) is 10.1. The molecule has 1 aromatic heterocycles. The number of pyridine rings is 1. The Morgan fingerprint density at radius 2 is 2.06 bits per heavy atom. The Morgan fingerprint density at radius 3 is 2.62 bits per heavy atom. The van der Waals surface area contributed by atoms with Gasteiger partial charge in [-0.05, 0) is 37.6 Å². The summed E-state index contributed by atoms with van der Waals surface area (Å²) in [5, 5.41) is 3.20. The second kappa shape index (κ2) is 6.23. The molecule has 1 unspecified atom stereocenters. The van der Waals surface area contributed by atoms with Crippen molar-refractivity contribution in [1.82, 2.24) is 15.2 Å². The first kappa shape index (κ1) is 12.6. The number of nitrogens with zero attached hydrogens (tertiary/aromatic N) is 2. The lowest BCUT2D eigenvalue weighted by Crippen LogP contribution is -2.42. The highest BCUT2D eigenvalue weighted by molar-refractivity contribution is 5.80. The number of hydrogen-bond acceptors (Lipinski definition) is 3. The van der Waals surface area contributed by atoms with Crippen molar-refractivity contribution in [2.75, 3.05) is 20.6 Å². The van der Waals surface area contributed by atoms with Crippen LogP contribution < -0.4 is 5.32 Å². The lowest BCUT2D eigenvalue weighted by molar-refractivity contribution is -0.130. The van der Waals surface area contributed by atoms with Gasteiger partial charge in [-0.2, -0.15) is 0 Å². The molecule has 1 N–H and O–H groups in total. The SMILES string of the molecule is CC(NCCc1ccncc1)C(=O)N(C)C. The summed E-state index contributed by atoms with van der Waals surface area (Å²) in [7, 11) is 3.53. The highest BCUT2D eigenvalue weighted by Crippen LogP contribution is 1.97. The number of amides is 1. The fraction of sp³-hybridized carbons (Fsp3) is 0.500. The van der Waals surface area contributed by atoms with E-state index in [1.165, 1.54) is 5.56 Å². The Kier molecular flexibility index (Phi) is 4.92. The Balaban J connectivity index is 2.28. The van der Waals surface area contributed by atoms with E-state index in [4.69, 9.17) is 0 Å². The zero-order valence-electron chi connectivity index (χ0n) is 10.1. The molecular weight excluding hydrogens is 202 g/mol. The van der Waals surface area contributed by atoms with Gasteiger partial charge in [0.15, 0.2) is 0 Å². The first-order valence-corrected chi connectivity index (χ1v) is 5.44. The minimum Gasteiger partial charge on any atom is -0.347 e. The molecule has 16 heavy (non-hydrogen) atoms. The number of rotatable bonds is 5. The Hall–Kier alpha value is -1.42. The van der Waals surface area contributed by atoms with Crippen LogP contribution in [0.15, 0.2) is 24.5 Å². The van der Waals surface area contributed by atoms with Gasteiger partial charge in [0.2, 0.25) is 5.91 Å². The molecule has 0 saturated carbocycles. The van der Waals surface area contributed by atoms with Crippen molar-refractivity contribution < 1.29 is 4.79 Å². The molecule has 4 nitrogen and oxygen atoms in total. The Morgan fingerprint density at radius 1 is 1.44 bits per heavy atom. The van der Waals surface area contributed by atoms with Crippen molar-refractivity contribution in [1.29, 1.82) is 0 Å². The first-order chi connectivity index (χ1) is 7.61. The molecule has 88 valence electrons. The van der Waals surface area contributed by atoms with Gasteiger partial charge in [-0.1, -0.05) is 0 Å². The lowest BCUT2D eigenvalue weighted by atomic mass is 10.2. The van der Waals surface area contributed by atoms with Gasteiger partial charge in [0, 0.05) is 26.5 Å². The van der Waals surface area contributed by atoms with E-state index >= 15 is 0 Å². The fourth-order valence-corrected chi connectivity index (χ4v) is 1.46. The minimum absolute atomic E-state index is 0.106. The van der Waals surface area contributed by atoms with Crippen molar-refractivity contribution >= 4 is 5.91 Å². The maximum atomic E-state index is 11.5. The molecular formula is C12H19N3O. The summed E-state index contributed by atoms with van der Waals surface area (Å²) >= 11 is 0. The van der Waals surface area contributed by atoms with Crippen molar-refractivity contribution in [3.63, 3.8) is 0 Å². The average Bonchev–Trinajstić information content (AvgIpc) is 2.29. The molecule has 0 saturated heterocycles. The second-order valence-corrected chi connectivity index (χ2v) is 4.01. The van der Waals surface area contributed by atoms with E-state index in [1.807, 2.05) is 19.1 Å². The van der Waals surface area contributed by atoms with Gasteiger partial charge in [-0.25, -0.2) is 0 Å². The number of carbonyl (C=O) groups is 1. The number of likely N-dealkylation sites (N-methyl/N-ethyl adjacent to an activating group) is 1. The summed E-state index contributed by atoms with van der Waals surface area (Å²) in [6.45, 7) is 2.68. The molecule has 0 aromatic carbocycles. The number of hydrogen-bond donors (Lipinski definition) is 1. The molecule has 0 aliphatic heterocycles. The summed E-state index contributed by atoms with van der Waals surface area (Å²) in [5.74, 6) is 0.106. The highest BCUT2D eigenvalue weighted by Gasteiger charge is 2.12. The largest absolute Gasteiger partial charge is 0.347 e. The predicted octanol–water partition coefficient (Wildman–Crippen LogP) is 0.690. The molecule has 0 radical (unpaired) electrons. The normalized spacial score (nSPS) is 12.2. The summed E-state index contributed by atoms with van der Waals surface area (Å²) in [6.07, 6.45) is 4.47. The molecule has 0 bridgehead atoms. The molecule has 0 aliphatic rings. The van der Waals surface area contributed by atoms with E-state index in [0.717, 1.165) is 13.0 Å². The van der Waals surface area contributed by atoms with Gasteiger partial charge < -0.3 is 10.2 Å². The van der Waals surface area contributed by atoms with Crippen molar-refractivity contribution in [3.8, 4) is 0 Å². The van der Waals surface area contributed by atoms with Crippen LogP contribution in [0.1, 0.15) is 12.5 Å². The third kappa shape index (κ3) is 3.98. The monoisotopic (exact) mass is 221 g/mol. The van der Waals surface area contributed by atoms with E-state index in [1.54, 1.807) is 31.4 Å². The summed E-state index contributed by atoms with van der Waals surface area (Å²) in [5.41, 5.74) is 1.23. The van der Waals surface area contributed by atoms with Gasteiger partial charge >= 0.3 is 0 Å². The van der Waals surface area contributed by atoms with Crippen LogP contribution in [-0.2, 0) is 11.2 Å². The van der Waals surface area contributed by atoms with E-state index in [0.29, 0.717) is 0 Å². The topological polar surface area (TPSA) is 45.2 Å². The first-order valence-electron chi connectivity index (χ1n) is 5.44. The van der Waals surface area contributed by atoms with Gasteiger partial charge in [0.05, 0.1) is 6.04 Å². The second-order valence-electron chi connectivity index (χ2n) is 4.01. The standard InChI is InChI=1S/C12H19N3O/c1-10(12(16)15(2)3)14-9-6-11-4-7-13-8-5-11/h4-5,7-8,10,14H,6,9H2,1-3H3. The van der Waals surface area contributed by atoms with Crippen LogP contribution in [0, 0.1) is 0 Å². The molecule has 0 fully saturated rings. The Labute approximate surface area is 96.7 Å². The number of nitrogens with one attached hydrogen (secondary N) is 1. The number of aromatic nitrogens is 1. The quantitative estimate of drug-likeness (QED) is 0.795. The minimum atomic E-state index is -0.128. The summed E-state index contributed by atoms with van der Waals surface area (Å²) < 4.78 is 0. The predicted molar refractivity (Wildman–Crippen MR) is 64.1 cm³/mol. The summed E-state index contributed by atoms with van der Waals surface area (Å²) in [6, 6.07) is 3.84. The van der Waals surface area contributed by atoms with Crippen LogP contribution >= 0.6 is 0 Å². The zero-order chi connectivity index (χ0) is 12.0. The third-order valence-corrected chi connectivity index (χ3v) is 2.42.